The summed E-state index contributed by atoms with van der Waals surface area (Å²) in [4.78, 5) is 2.18. The molecule has 1 aliphatic rings. The first-order valence-electron chi connectivity index (χ1n) is 3.93. The van der Waals surface area contributed by atoms with E-state index in [1.165, 1.54) is 0 Å². The minimum atomic E-state index is 0.00833. The largest absolute Gasteiger partial charge is 0.361 e. The van der Waals surface area contributed by atoms with Crippen LogP contribution in [0.4, 0.5) is 0 Å². The summed E-state index contributed by atoms with van der Waals surface area (Å²) < 4.78 is 0. The van der Waals surface area contributed by atoms with Crippen LogP contribution in [-0.2, 0) is 0 Å². The fourth-order valence-corrected chi connectivity index (χ4v) is 1.45. The first-order valence-corrected chi connectivity index (χ1v) is 4.37. The summed E-state index contributed by atoms with van der Waals surface area (Å²) in [5.74, 6) is 1.79. The molecule has 0 bridgehead atoms. The van der Waals surface area contributed by atoms with Gasteiger partial charge in [0, 0.05) is 13.6 Å². The Morgan fingerprint density at radius 2 is 2.45 bits per heavy atom. The van der Waals surface area contributed by atoms with E-state index in [-0.39, 0.29) is 5.50 Å². The second kappa shape index (κ2) is 3.35. The molecule has 2 atom stereocenters. The molecule has 0 amide bonds. The molecule has 2 nitrogen and oxygen atoms in total. The lowest BCUT2D eigenvalue weighted by atomic mass is 10.2. The van der Waals surface area contributed by atoms with Gasteiger partial charge in [0.05, 0.1) is 11.3 Å². The molecule has 0 saturated heterocycles. The SMILES string of the molecule is CC1C=C(NC(C)Cl)N(C)C1. The van der Waals surface area contributed by atoms with E-state index < -0.39 is 0 Å². The Morgan fingerprint density at radius 1 is 1.82 bits per heavy atom. The van der Waals surface area contributed by atoms with Crippen molar-refractivity contribution in [2.45, 2.75) is 19.3 Å². The molecule has 0 aromatic carbocycles. The molecule has 64 valence electrons. The molecule has 11 heavy (non-hydrogen) atoms. The third kappa shape index (κ3) is 2.29. The molecule has 0 spiro atoms. The lowest BCUT2D eigenvalue weighted by Gasteiger charge is -2.19. The van der Waals surface area contributed by atoms with Crippen LogP contribution in [-0.4, -0.2) is 24.0 Å². The van der Waals surface area contributed by atoms with Gasteiger partial charge in [0.15, 0.2) is 0 Å². The molecular formula is C8H15ClN2. The Labute approximate surface area is 73.2 Å². The summed E-state index contributed by atoms with van der Waals surface area (Å²) in [6.07, 6.45) is 2.21. The summed E-state index contributed by atoms with van der Waals surface area (Å²) >= 11 is 5.79. The fraction of sp³-hybridized carbons (Fsp3) is 0.750. The van der Waals surface area contributed by atoms with Crippen molar-refractivity contribution < 1.29 is 0 Å². The topological polar surface area (TPSA) is 15.3 Å². The minimum absolute atomic E-state index is 0.00833. The van der Waals surface area contributed by atoms with Crippen LogP contribution in [0.1, 0.15) is 13.8 Å². The maximum absolute atomic E-state index is 5.79. The van der Waals surface area contributed by atoms with Crippen molar-refractivity contribution in [1.29, 1.82) is 0 Å². The fourth-order valence-electron chi connectivity index (χ4n) is 1.34. The van der Waals surface area contributed by atoms with Crippen LogP contribution in [0.25, 0.3) is 0 Å². The van der Waals surface area contributed by atoms with Gasteiger partial charge in [-0.3, -0.25) is 0 Å². The number of alkyl halides is 1. The van der Waals surface area contributed by atoms with E-state index in [0.717, 1.165) is 12.4 Å². The average Bonchev–Trinajstić information content (AvgIpc) is 2.09. The van der Waals surface area contributed by atoms with Crippen LogP contribution >= 0.6 is 11.6 Å². The Hall–Kier alpha value is -0.370. The van der Waals surface area contributed by atoms with Crippen molar-refractivity contribution in [2.24, 2.45) is 5.92 Å². The van der Waals surface area contributed by atoms with Gasteiger partial charge in [0.2, 0.25) is 0 Å². The monoisotopic (exact) mass is 174 g/mol. The van der Waals surface area contributed by atoms with E-state index in [2.05, 4.69) is 30.3 Å². The van der Waals surface area contributed by atoms with Crippen molar-refractivity contribution in [1.82, 2.24) is 10.2 Å². The highest BCUT2D eigenvalue weighted by Crippen LogP contribution is 2.15. The van der Waals surface area contributed by atoms with Gasteiger partial charge < -0.3 is 10.2 Å². The molecule has 1 heterocycles. The van der Waals surface area contributed by atoms with Crippen LogP contribution in [0, 0.1) is 5.92 Å². The Kier molecular flexibility index (Phi) is 2.66. The number of halogens is 1. The number of hydrogen-bond acceptors (Lipinski definition) is 2. The van der Waals surface area contributed by atoms with Crippen molar-refractivity contribution in [3.8, 4) is 0 Å². The second-order valence-corrected chi connectivity index (χ2v) is 3.82. The number of hydrogen-bond donors (Lipinski definition) is 1. The van der Waals surface area contributed by atoms with Crippen LogP contribution in [0.15, 0.2) is 11.9 Å². The molecule has 0 aromatic rings. The van der Waals surface area contributed by atoms with Gasteiger partial charge in [-0.2, -0.15) is 0 Å². The van der Waals surface area contributed by atoms with Crippen molar-refractivity contribution >= 4 is 11.6 Å². The molecule has 1 aliphatic heterocycles. The lowest BCUT2D eigenvalue weighted by molar-refractivity contribution is 0.394. The van der Waals surface area contributed by atoms with Crippen molar-refractivity contribution in [3.05, 3.63) is 11.9 Å². The number of nitrogens with one attached hydrogen (secondary N) is 1. The molecular weight excluding hydrogens is 160 g/mol. The Morgan fingerprint density at radius 3 is 2.82 bits per heavy atom. The van der Waals surface area contributed by atoms with Gasteiger partial charge in [0.25, 0.3) is 0 Å². The van der Waals surface area contributed by atoms with Gasteiger partial charge in [-0.25, -0.2) is 0 Å². The highest BCUT2D eigenvalue weighted by atomic mass is 35.5. The molecule has 0 aromatic heterocycles. The van der Waals surface area contributed by atoms with E-state index in [1.54, 1.807) is 0 Å². The molecule has 0 aliphatic carbocycles. The molecule has 1 N–H and O–H groups in total. The zero-order chi connectivity index (χ0) is 8.43. The van der Waals surface area contributed by atoms with Crippen LogP contribution in [0.2, 0.25) is 0 Å². The average molecular weight is 175 g/mol. The highest BCUT2D eigenvalue weighted by Gasteiger charge is 2.16. The smallest absolute Gasteiger partial charge is 0.0995 e. The first kappa shape index (κ1) is 8.72. The normalized spacial score (nSPS) is 26.7. The minimum Gasteiger partial charge on any atom is -0.361 e. The lowest BCUT2D eigenvalue weighted by Crippen LogP contribution is -2.29. The van der Waals surface area contributed by atoms with Gasteiger partial charge in [-0.05, 0) is 18.9 Å². The zero-order valence-electron chi connectivity index (χ0n) is 7.26. The van der Waals surface area contributed by atoms with Crippen LogP contribution in [0.5, 0.6) is 0 Å². The summed E-state index contributed by atoms with van der Waals surface area (Å²) in [5, 5.41) is 3.17. The van der Waals surface area contributed by atoms with Crippen molar-refractivity contribution in [2.75, 3.05) is 13.6 Å². The van der Waals surface area contributed by atoms with Gasteiger partial charge in [-0.1, -0.05) is 18.5 Å². The third-order valence-corrected chi connectivity index (χ3v) is 1.87. The molecule has 0 fully saturated rings. The Bertz CT molecular complexity index is 165. The van der Waals surface area contributed by atoms with Gasteiger partial charge in [0.1, 0.15) is 0 Å². The van der Waals surface area contributed by atoms with Crippen LogP contribution in [0.3, 0.4) is 0 Å². The molecule has 3 heteroatoms. The first-order chi connectivity index (χ1) is 5.09. The van der Waals surface area contributed by atoms with Gasteiger partial charge in [-0.15, -0.1) is 0 Å². The van der Waals surface area contributed by atoms with E-state index in [4.69, 9.17) is 11.6 Å². The zero-order valence-corrected chi connectivity index (χ0v) is 8.02. The second-order valence-electron chi connectivity index (χ2n) is 3.17. The predicted molar refractivity (Wildman–Crippen MR) is 48.3 cm³/mol. The Balaban J connectivity index is 2.50. The number of nitrogens with zero attached hydrogens (tertiary/aromatic N) is 1. The molecule has 0 radical (unpaired) electrons. The van der Waals surface area contributed by atoms with E-state index in [0.29, 0.717) is 5.92 Å². The van der Waals surface area contributed by atoms with E-state index in [1.807, 2.05) is 6.92 Å². The third-order valence-electron chi connectivity index (χ3n) is 1.76. The summed E-state index contributed by atoms with van der Waals surface area (Å²) in [5.41, 5.74) is 0.00833. The van der Waals surface area contributed by atoms with E-state index >= 15 is 0 Å². The summed E-state index contributed by atoms with van der Waals surface area (Å²) in [7, 11) is 2.07. The highest BCUT2D eigenvalue weighted by molar-refractivity contribution is 6.20. The summed E-state index contributed by atoms with van der Waals surface area (Å²) in [6, 6.07) is 0. The molecule has 1 rings (SSSR count). The van der Waals surface area contributed by atoms with Crippen molar-refractivity contribution in [3.63, 3.8) is 0 Å². The maximum Gasteiger partial charge on any atom is 0.0995 e. The number of rotatable bonds is 2. The van der Waals surface area contributed by atoms with Gasteiger partial charge >= 0.3 is 0 Å². The quantitative estimate of drug-likeness (QED) is 0.505. The maximum atomic E-state index is 5.79. The summed E-state index contributed by atoms with van der Waals surface area (Å²) in [6.45, 7) is 5.22. The predicted octanol–water partition coefficient (Wildman–Crippen LogP) is 1.58. The standard InChI is InChI=1S/C8H15ClN2/c1-6-4-8(10-7(2)9)11(3)5-6/h4,6-7,10H,5H2,1-3H3. The van der Waals surface area contributed by atoms with E-state index in [9.17, 15) is 0 Å². The molecule has 2 unspecified atom stereocenters. The van der Waals surface area contributed by atoms with Crippen LogP contribution < -0.4 is 5.32 Å². The molecule has 0 saturated carbocycles.